The van der Waals surface area contributed by atoms with Gasteiger partial charge in [-0.15, -0.1) is 0 Å². The second kappa shape index (κ2) is 5.67. The molecule has 0 aliphatic rings. The summed E-state index contributed by atoms with van der Waals surface area (Å²) < 4.78 is 1.90. The van der Waals surface area contributed by atoms with E-state index in [9.17, 15) is 0 Å². The molecule has 0 aliphatic carbocycles. The zero-order valence-corrected chi connectivity index (χ0v) is 12.9. The zero-order chi connectivity index (χ0) is 13.1. The highest BCUT2D eigenvalue weighted by Gasteiger charge is 2.07. The Hall–Kier alpha value is -1.14. The van der Waals surface area contributed by atoms with E-state index in [2.05, 4.69) is 47.1 Å². The van der Waals surface area contributed by atoms with E-state index in [1.807, 2.05) is 25.1 Å². The molecule has 1 aromatic heterocycles. The normalized spacial score (nSPS) is 10.4. The highest BCUT2D eigenvalue weighted by Crippen LogP contribution is 2.32. The van der Waals surface area contributed by atoms with E-state index in [0.29, 0.717) is 11.6 Å². The number of rotatable bonds is 3. The Morgan fingerprint density at radius 1 is 1.22 bits per heavy atom. The molecule has 3 N–H and O–H groups in total. The summed E-state index contributed by atoms with van der Waals surface area (Å²) in [5.74, 6) is 1.88. The van der Waals surface area contributed by atoms with Crippen LogP contribution in [0, 0.1) is 0 Å². The van der Waals surface area contributed by atoms with Gasteiger partial charge in [-0.2, -0.15) is 0 Å². The number of hydrogen-bond donors (Lipinski definition) is 2. The Labute approximate surface area is 122 Å². The second-order valence-corrected chi connectivity index (χ2v) is 5.38. The number of nitrogen functional groups attached to an aromatic ring is 1. The number of nitrogens with one attached hydrogen (secondary N) is 1. The first-order chi connectivity index (χ1) is 8.60. The van der Waals surface area contributed by atoms with Crippen LogP contribution in [0.5, 0.6) is 0 Å². The average Bonchev–Trinajstić information content (AvgIpc) is 2.33. The van der Waals surface area contributed by atoms with Crippen molar-refractivity contribution in [3.05, 3.63) is 39.0 Å². The van der Waals surface area contributed by atoms with Gasteiger partial charge in [0.1, 0.15) is 17.5 Å². The predicted octanol–water partition coefficient (Wildman–Crippen LogP) is 3.89. The Morgan fingerprint density at radius 2 is 1.89 bits per heavy atom. The number of nitrogens with two attached hydrogens (primary N) is 1. The van der Waals surface area contributed by atoms with Crippen LogP contribution in [0.2, 0.25) is 0 Å². The highest BCUT2D eigenvalue weighted by molar-refractivity contribution is 9.11. The summed E-state index contributed by atoms with van der Waals surface area (Å²) in [6.45, 7) is 1.99. The average molecular weight is 372 g/mol. The number of hydrogen-bond acceptors (Lipinski definition) is 4. The minimum absolute atomic E-state index is 0.465. The maximum atomic E-state index is 5.75. The fourth-order valence-corrected chi connectivity index (χ4v) is 2.68. The first-order valence-corrected chi connectivity index (χ1v) is 7.03. The molecule has 0 fully saturated rings. The summed E-state index contributed by atoms with van der Waals surface area (Å²) in [7, 11) is 0. The quantitative estimate of drug-likeness (QED) is 0.858. The Balaban J connectivity index is 2.37. The molecule has 0 atom stereocenters. The minimum atomic E-state index is 0.465. The van der Waals surface area contributed by atoms with Crippen LogP contribution in [0.4, 0.5) is 17.3 Å². The van der Waals surface area contributed by atoms with E-state index in [1.165, 1.54) is 0 Å². The van der Waals surface area contributed by atoms with Gasteiger partial charge in [-0.3, -0.25) is 0 Å². The van der Waals surface area contributed by atoms with Crippen molar-refractivity contribution in [2.75, 3.05) is 11.1 Å². The molecule has 0 saturated heterocycles. The van der Waals surface area contributed by atoms with Crippen LogP contribution in [-0.4, -0.2) is 9.97 Å². The minimum Gasteiger partial charge on any atom is -0.384 e. The smallest absolute Gasteiger partial charge is 0.136 e. The van der Waals surface area contributed by atoms with Crippen molar-refractivity contribution in [1.82, 2.24) is 9.97 Å². The van der Waals surface area contributed by atoms with Crippen LogP contribution in [0.15, 0.2) is 33.2 Å². The molecule has 0 spiro atoms. The third kappa shape index (κ3) is 3.00. The Morgan fingerprint density at radius 3 is 2.50 bits per heavy atom. The van der Waals surface area contributed by atoms with Gasteiger partial charge < -0.3 is 11.1 Å². The molecular formula is C12H12Br2N4. The van der Waals surface area contributed by atoms with Crippen molar-refractivity contribution in [1.29, 1.82) is 0 Å². The molecular weight excluding hydrogens is 360 g/mol. The van der Waals surface area contributed by atoms with E-state index in [-0.39, 0.29) is 0 Å². The zero-order valence-electron chi connectivity index (χ0n) is 9.74. The third-order valence-electron chi connectivity index (χ3n) is 2.32. The molecule has 0 bridgehead atoms. The van der Waals surface area contributed by atoms with E-state index in [4.69, 9.17) is 5.73 Å². The fraction of sp³-hybridized carbons (Fsp3) is 0.167. The van der Waals surface area contributed by atoms with E-state index < -0.39 is 0 Å². The van der Waals surface area contributed by atoms with Crippen molar-refractivity contribution in [3.8, 4) is 0 Å². The van der Waals surface area contributed by atoms with Crippen molar-refractivity contribution < 1.29 is 0 Å². The van der Waals surface area contributed by atoms with Gasteiger partial charge in [0.25, 0.3) is 0 Å². The van der Waals surface area contributed by atoms with E-state index in [0.717, 1.165) is 26.9 Å². The molecule has 0 unspecified atom stereocenters. The molecule has 18 heavy (non-hydrogen) atoms. The molecule has 1 aromatic carbocycles. The van der Waals surface area contributed by atoms with Crippen molar-refractivity contribution in [3.63, 3.8) is 0 Å². The van der Waals surface area contributed by atoms with Gasteiger partial charge in [-0.05, 0) is 44.0 Å². The lowest BCUT2D eigenvalue weighted by molar-refractivity contribution is 0.948. The monoisotopic (exact) mass is 370 g/mol. The van der Waals surface area contributed by atoms with Gasteiger partial charge in [0.15, 0.2) is 0 Å². The van der Waals surface area contributed by atoms with Gasteiger partial charge in [-0.1, -0.05) is 13.0 Å². The van der Waals surface area contributed by atoms with Crippen LogP contribution in [-0.2, 0) is 6.42 Å². The predicted molar refractivity (Wildman–Crippen MR) is 80.9 cm³/mol. The summed E-state index contributed by atoms with van der Waals surface area (Å²) in [5.41, 5.74) is 6.66. The summed E-state index contributed by atoms with van der Waals surface area (Å²) >= 11 is 6.98. The van der Waals surface area contributed by atoms with Crippen LogP contribution in [0.3, 0.4) is 0 Å². The van der Waals surface area contributed by atoms with Crippen molar-refractivity contribution >= 4 is 49.2 Å². The lowest BCUT2D eigenvalue weighted by atomic mass is 10.3. The number of halogens is 2. The maximum absolute atomic E-state index is 5.75. The molecule has 0 radical (unpaired) electrons. The van der Waals surface area contributed by atoms with Crippen molar-refractivity contribution in [2.45, 2.75) is 13.3 Å². The number of anilines is 3. The molecule has 2 aromatic rings. The standard InChI is InChI=1S/C12H12Br2N4/c1-2-10-16-9(15)6-11(17-10)18-12-7(13)4-3-5-8(12)14/h3-6H,2H2,1H3,(H3,15,16,17,18). The highest BCUT2D eigenvalue weighted by atomic mass is 79.9. The maximum Gasteiger partial charge on any atom is 0.136 e. The molecule has 4 nitrogen and oxygen atoms in total. The fourth-order valence-electron chi connectivity index (χ4n) is 1.49. The number of para-hydroxylation sites is 1. The van der Waals surface area contributed by atoms with Gasteiger partial charge in [0.2, 0.25) is 0 Å². The third-order valence-corrected chi connectivity index (χ3v) is 3.65. The summed E-state index contributed by atoms with van der Waals surface area (Å²) in [4.78, 5) is 8.53. The first kappa shape index (κ1) is 13.3. The second-order valence-electron chi connectivity index (χ2n) is 3.67. The van der Waals surface area contributed by atoms with E-state index >= 15 is 0 Å². The van der Waals surface area contributed by atoms with Gasteiger partial charge >= 0.3 is 0 Å². The number of benzene rings is 1. The summed E-state index contributed by atoms with van der Waals surface area (Å²) in [6.07, 6.45) is 0.747. The molecule has 2 rings (SSSR count). The van der Waals surface area contributed by atoms with Gasteiger partial charge in [-0.25, -0.2) is 9.97 Å². The van der Waals surface area contributed by atoms with Crippen LogP contribution in [0.1, 0.15) is 12.7 Å². The lowest BCUT2D eigenvalue weighted by Crippen LogP contribution is -2.03. The summed E-state index contributed by atoms with van der Waals surface area (Å²) in [6, 6.07) is 7.58. The van der Waals surface area contributed by atoms with Crippen molar-refractivity contribution in [2.24, 2.45) is 0 Å². The molecule has 0 amide bonds. The molecule has 94 valence electrons. The van der Waals surface area contributed by atoms with E-state index in [1.54, 1.807) is 6.07 Å². The van der Waals surface area contributed by atoms with Gasteiger partial charge in [0, 0.05) is 21.4 Å². The Bertz CT molecular complexity index is 552. The largest absolute Gasteiger partial charge is 0.384 e. The van der Waals surface area contributed by atoms with Crippen LogP contribution < -0.4 is 11.1 Å². The molecule has 0 aliphatic heterocycles. The van der Waals surface area contributed by atoms with Crippen LogP contribution >= 0.6 is 31.9 Å². The molecule has 0 saturated carbocycles. The van der Waals surface area contributed by atoms with Crippen LogP contribution in [0.25, 0.3) is 0 Å². The summed E-state index contributed by atoms with van der Waals surface area (Å²) in [5, 5.41) is 3.23. The topological polar surface area (TPSA) is 63.8 Å². The molecule has 1 heterocycles. The number of aromatic nitrogens is 2. The SMILES string of the molecule is CCc1nc(N)cc(Nc2c(Br)cccc2Br)n1. The first-order valence-electron chi connectivity index (χ1n) is 5.44. The lowest BCUT2D eigenvalue weighted by Gasteiger charge is -2.11. The number of nitrogens with zero attached hydrogens (tertiary/aromatic N) is 2. The molecule has 6 heteroatoms. The van der Waals surface area contributed by atoms with Gasteiger partial charge in [0.05, 0.1) is 5.69 Å². The number of aryl methyl sites for hydroxylation is 1. The Kier molecular flexibility index (Phi) is 4.19.